The van der Waals surface area contributed by atoms with Crippen molar-refractivity contribution in [2.75, 3.05) is 26.2 Å². The molecule has 0 spiro atoms. The van der Waals surface area contributed by atoms with Crippen molar-refractivity contribution in [3.63, 3.8) is 0 Å². The molecule has 0 radical (unpaired) electrons. The Kier molecular flexibility index (Phi) is 9.89. The van der Waals surface area contributed by atoms with Gasteiger partial charge in [0, 0.05) is 38.7 Å². The van der Waals surface area contributed by atoms with Crippen LogP contribution in [0.15, 0.2) is 22.3 Å². The van der Waals surface area contributed by atoms with Crippen LogP contribution in [0.1, 0.15) is 53.4 Å². The van der Waals surface area contributed by atoms with Gasteiger partial charge in [0.25, 0.3) is 11.4 Å². The fourth-order valence-electron chi connectivity index (χ4n) is 4.32. The van der Waals surface area contributed by atoms with Crippen LogP contribution in [0.2, 0.25) is 0 Å². The van der Waals surface area contributed by atoms with Gasteiger partial charge in [-0.1, -0.05) is 46.8 Å². The molecule has 6 nitrogen and oxygen atoms in total. The van der Waals surface area contributed by atoms with Crippen LogP contribution in [-0.4, -0.2) is 41.8 Å². The minimum Gasteiger partial charge on any atom is -0.270 e. The molecular weight excluding hydrogens is 379 g/mol. The van der Waals surface area contributed by atoms with Gasteiger partial charge in [-0.3, -0.25) is 9.34 Å². The minimum atomic E-state index is -2.57. The lowest BCUT2D eigenvalue weighted by atomic mass is 9.94. The molecule has 0 aromatic heterocycles. The monoisotopic (exact) mass is 410 g/mol. The van der Waals surface area contributed by atoms with Gasteiger partial charge in [0.05, 0.1) is 25.3 Å². The third-order valence-corrected chi connectivity index (χ3v) is 9.86. The summed E-state index contributed by atoms with van der Waals surface area (Å²) in [5.41, 5.74) is 0.593. The summed E-state index contributed by atoms with van der Waals surface area (Å²) in [5.74, 6) is 0.0195. The molecule has 1 fully saturated rings. The molecule has 0 saturated heterocycles. The van der Waals surface area contributed by atoms with Crippen LogP contribution in [0.5, 0.6) is 0 Å². The largest absolute Gasteiger partial charge is 0.270 e. The number of allylic oxidation sites excluding steroid dienone is 4. The molecule has 0 aromatic rings. The molecule has 1 saturated carbocycles. The first kappa shape index (κ1) is 24.7. The van der Waals surface area contributed by atoms with Gasteiger partial charge in [0.15, 0.2) is 0 Å². The fraction of sp³-hybridized carbons (Fsp3) is 0.591. The molecule has 0 N–H and O–H groups in total. The summed E-state index contributed by atoms with van der Waals surface area (Å²) in [6.07, 6.45) is 8.46. The molecule has 1 aliphatic carbocycles. The predicted octanol–water partition coefficient (Wildman–Crippen LogP) is 5.49. The highest BCUT2D eigenvalue weighted by atomic mass is 31.2. The first-order valence-electron chi connectivity index (χ1n) is 10.2. The van der Waals surface area contributed by atoms with E-state index < -0.39 is 7.19 Å². The van der Waals surface area contributed by atoms with Gasteiger partial charge in [0.1, 0.15) is 0 Å². The van der Waals surface area contributed by atoms with Gasteiger partial charge in [-0.05, 0) is 24.3 Å². The van der Waals surface area contributed by atoms with E-state index in [-0.39, 0.29) is 17.3 Å². The average molecular weight is 411 g/mol. The van der Waals surface area contributed by atoms with Gasteiger partial charge in [-0.2, -0.15) is 0 Å². The van der Waals surface area contributed by atoms with Crippen molar-refractivity contribution in [1.82, 2.24) is 9.34 Å². The summed E-state index contributed by atoms with van der Waals surface area (Å²) in [7, 11) is -2.57. The Morgan fingerprint density at radius 3 is 1.66 bits per heavy atom. The van der Waals surface area contributed by atoms with Crippen molar-refractivity contribution in [3.05, 3.63) is 45.1 Å². The molecule has 29 heavy (non-hydrogen) atoms. The second-order valence-corrected chi connectivity index (χ2v) is 9.94. The molecule has 154 valence electrons. The topological polar surface area (TPSA) is 62.8 Å². The number of rotatable bonds is 9. The molecule has 0 amide bonds. The maximum Gasteiger partial charge on any atom is 0.270 e. The van der Waals surface area contributed by atoms with Crippen LogP contribution in [-0.2, 0) is 0 Å². The standard InChI is InChI=1S/C22H31N6P/c1-8-27(9-2)29(7,28(10-3)11-4)22(20(17-24)26-6)21(19(16-23)25-5)18-14-12-13-15-18/h18H,7-15H2,1-4H3/b21-19-,22-20-. The lowest BCUT2D eigenvalue weighted by Gasteiger charge is -2.47. The zero-order chi connectivity index (χ0) is 22.0. The first-order valence-corrected chi connectivity index (χ1v) is 12.1. The Morgan fingerprint density at radius 1 is 0.931 bits per heavy atom. The quantitative estimate of drug-likeness (QED) is 0.218. The molecule has 0 heterocycles. The van der Waals surface area contributed by atoms with Crippen molar-refractivity contribution >= 4 is 13.5 Å². The van der Waals surface area contributed by atoms with Crippen molar-refractivity contribution < 1.29 is 0 Å². The third kappa shape index (κ3) is 4.81. The smallest absolute Gasteiger partial charge is 0.270 e. The Balaban J connectivity index is 4.14. The van der Waals surface area contributed by atoms with Gasteiger partial charge >= 0.3 is 0 Å². The molecule has 0 aliphatic heterocycles. The van der Waals surface area contributed by atoms with Crippen LogP contribution in [0.3, 0.4) is 0 Å². The van der Waals surface area contributed by atoms with Crippen LogP contribution in [0, 0.1) is 41.7 Å². The molecule has 0 unspecified atom stereocenters. The van der Waals surface area contributed by atoms with Crippen LogP contribution >= 0.6 is 7.19 Å². The number of nitriles is 2. The van der Waals surface area contributed by atoms with Gasteiger partial charge in [-0.15, -0.1) is 0 Å². The van der Waals surface area contributed by atoms with Crippen LogP contribution < -0.4 is 0 Å². The summed E-state index contributed by atoms with van der Waals surface area (Å²) in [6, 6.07) is 4.15. The van der Waals surface area contributed by atoms with E-state index in [9.17, 15) is 10.5 Å². The summed E-state index contributed by atoms with van der Waals surface area (Å²) >= 11 is 0. The highest BCUT2D eigenvalue weighted by Gasteiger charge is 2.39. The van der Waals surface area contributed by atoms with Gasteiger partial charge in [0.2, 0.25) is 0 Å². The normalized spacial score (nSPS) is 16.5. The van der Waals surface area contributed by atoms with Gasteiger partial charge in [-0.25, -0.2) is 20.2 Å². The molecule has 0 bridgehead atoms. The maximum absolute atomic E-state index is 9.88. The van der Waals surface area contributed by atoms with Crippen molar-refractivity contribution in [2.45, 2.75) is 53.4 Å². The van der Waals surface area contributed by atoms with Crippen molar-refractivity contribution in [1.29, 1.82) is 10.5 Å². The summed E-state index contributed by atoms with van der Waals surface area (Å²) < 4.78 is 4.46. The van der Waals surface area contributed by atoms with E-state index in [2.05, 4.69) is 37.5 Å². The second kappa shape index (κ2) is 11.6. The predicted molar refractivity (Wildman–Crippen MR) is 120 cm³/mol. The summed E-state index contributed by atoms with van der Waals surface area (Å²) in [4.78, 5) is 7.11. The second-order valence-electron chi connectivity index (χ2n) is 6.90. The van der Waals surface area contributed by atoms with E-state index in [0.29, 0.717) is 37.1 Å². The molecule has 1 rings (SSSR count). The zero-order valence-electron chi connectivity index (χ0n) is 18.1. The molecular formula is C22H31N6P. The highest BCUT2D eigenvalue weighted by molar-refractivity contribution is 7.73. The van der Waals surface area contributed by atoms with Crippen LogP contribution in [0.25, 0.3) is 9.69 Å². The zero-order valence-corrected chi connectivity index (χ0v) is 19.0. The van der Waals surface area contributed by atoms with E-state index in [1.807, 2.05) is 27.7 Å². The summed E-state index contributed by atoms with van der Waals surface area (Å²) in [6.45, 7) is 26.4. The fourth-order valence-corrected chi connectivity index (χ4v) is 8.23. The molecule has 0 aromatic carbocycles. The highest BCUT2D eigenvalue weighted by Crippen LogP contribution is 2.64. The van der Waals surface area contributed by atoms with Gasteiger partial charge < -0.3 is 0 Å². The Hall–Kier alpha value is -2.34. The third-order valence-electron chi connectivity index (χ3n) is 5.69. The van der Waals surface area contributed by atoms with E-state index >= 15 is 0 Å². The van der Waals surface area contributed by atoms with Crippen LogP contribution in [0.4, 0.5) is 0 Å². The summed E-state index contributed by atoms with van der Waals surface area (Å²) in [5, 5.41) is 20.2. The number of hydrogen-bond donors (Lipinski definition) is 0. The first-order chi connectivity index (χ1) is 13.9. The molecule has 7 heteroatoms. The van der Waals surface area contributed by atoms with E-state index in [1.54, 1.807) is 0 Å². The number of nitrogens with zero attached hydrogens (tertiary/aromatic N) is 6. The SMILES string of the molecule is [C-]#[N+]/C(C#N)=C(\C(=C(/C#N)[N+]#[C-])P(=C)(N(CC)CC)N(CC)CC)C1CCCC1. The number of hydrogen-bond acceptors (Lipinski definition) is 4. The Bertz CT molecular complexity index is 809. The van der Waals surface area contributed by atoms with Crippen molar-refractivity contribution in [2.24, 2.45) is 5.92 Å². The van der Waals surface area contributed by atoms with E-state index in [1.165, 1.54) is 0 Å². The van der Waals surface area contributed by atoms with E-state index in [4.69, 9.17) is 13.1 Å². The average Bonchev–Trinajstić information content (AvgIpc) is 3.26. The molecule has 0 atom stereocenters. The maximum atomic E-state index is 9.88. The Labute approximate surface area is 176 Å². The van der Waals surface area contributed by atoms with Crippen molar-refractivity contribution in [3.8, 4) is 12.1 Å². The minimum absolute atomic E-state index is 0.00985. The van der Waals surface area contributed by atoms with E-state index in [0.717, 1.165) is 25.7 Å². The molecule has 1 aliphatic rings. The Morgan fingerprint density at radius 2 is 1.34 bits per heavy atom. The lowest BCUT2D eigenvalue weighted by molar-refractivity contribution is 0.423. The lowest BCUT2D eigenvalue weighted by Crippen LogP contribution is -2.34.